The average molecular weight is 290 g/mol. The van der Waals surface area contributed by atoms with E-state index < -0.39 is 0 Å². The third kappa shape index (κ3) is 4.16. The molecular weight excluding hydrogens is 260 g/mol. The second kappa shape index (κ2) is 7.74. The third-order valence-corrected chi connectivity index (χ3v) is 4.69. The predicted octanol–water partition coefficient (Wildman–Crippen LogP) is 3.30. The highest BCUT2D eigenvalue weighted by molar-refractivity contribution is 5.33. The molecule has 1 aliphatic rings. The van der Waals surface area contributed by atoms with E-state index in [1.807, 2.05) is 6.20 Å². The summed E-state index contributed by atoms with van der Waals surface area (Å²) in [5, 5.41) is 3.42. The molecule has 21 heavy (non-hydrogen) atoms. The molecule has 0 amide bonds. The number of nitrogens with zero attached hydrogens (tertiary/aromatic N) is 3. The van der Waals surface area contributed by atoms with Crippen molar-refractivity contribution in [3.63, 3.8) is 0 Å². The molecule has 4 nitrogen and oxygen atoms in total. The van der Waals surface area contributed by atoms with Crippen molar-refractivity contribution >= 4 is 5.95 Å². The zero-order chi connectivity index (χ0) is 15.2. The van der Waals surface area contributed by atoms with E-state index in [2.05, 4.69) is 43.0 Å². The first-order valence-electron chi connectivity index (χ1n) is 8.39. The van der Waals surface area contributed by atoms with Gasteiger partial charge >= 0.3 is 0 Å². The van der Waals surface area contributed by atoms with Crippen LogP contribution in [0.3, 0.4) is 0 Å². The third-order valence-electron chi connectivity index (χ3n) is 4.69. The lowest BCUT2D eigenvalue weighted by Crippen LogP contribution is -2.40. The Hall–Kier alpha value is -1.16. The average Bonchev–Trinajstić information content (AvgIpc) is 2.49. The molecule has 1 aromatic rings. The van der Waals surface area contributed by atoms with E-state index in [1.165, 1.54) is 31.2 Å². The molecule has 0 radical (unpaired) electrons. The largest absolute Gasteiger partial charge is 0.341 e. The minimum Gasteiger partial charge on any atom is -0.341 e. The summed E-state index contributed by atoms with van der Waals surface area (Å²) in [4.78, 5) is 11.6. The van der Waals surface area contributed by atoms with Crippen molar-refractivity contribution in [2.24, 2.45) is 5.92 Å². The van der Waals surface area contributed by atoms with Crippen molar-refractivity contribution in [3.05, 3.63) is 17.5 Å². The van der Waals surface area contributed by atoms with Crippen LogP contribution in [-0.2, 0) is 6.54 Å². The van der Waals surface area contributed by atoms with E-state index in [0.717, 1.165) is 37.1 Å². The van der Waals surface area contributed by atoms with Gasteiger partial charge in [-0.2, -0.15) is 0 Å². The first-order valence-corrected chi connectivity index (χ1v) is 8.39. The van der Waals surface area contributed by atoms with Gasteiger partial charge in [-0.3, -0.25) is 0 Å². The molecule has 0 spiro atoms. The fourth-order valence-electron chi connectivity index (χ4n) is 3.24. The van der Waals surface area contributed by atoms with Crippen LogP contribution in [0.2, 0.25) is 0 Å². The van der Waals surface area contributed by atoms with Crippen LogP contribution < -0.4 is 10.2 Å². The van der Waals surface area contributed by atoms with Gasteiger partial charge in [0, 0.05) is 37.1 Å². The molecule has 0 aromatic carbocycles. The lowest BCUT2D eigenvalue weighted by Gasteiger charge is -2.36. The van der Waals surface area contributed by atoms with Crippen LogP contribution in [0.15, 0.2) is 6.20 Å². The van der Waals surface area contributed by atoms with E-state index in [4.69, 9.17) is 4.98 Å². The monoisotopic (exact) mass is 290 g/mol. The number of aryl methyl sites for hydroxylation is 1. The summed E-state index contributed by atoms with van der Waals surface area (Å²) in [6.07, 6.45) is 8.43. The molecule has 1 fully saturated rings. The van der Waals surface area contributed by atoms with Crippen LogP contribution in [0.25, 0.3) is 0 Å². The van der Waals surface area contributed by atoms with Crippen molar-refractivity contribution < 1.29 is 0 Å². The minimum atomic E-state index is 0.585. The molecule has 0 bridgehead atoms. The van der Waals surface area contributed by atoms with Crippen molar-refractivity contribution in [1.29, 1.82) is 0 Å². The molecule has 2 rings (SSSR count). The molecule has 0 saturated heterocycles. The molecule has 1 saturated carbocycles. The van der Waals surface area contributed by atoms with Crippen LogP contribution in [0, 0.1) is 12.8 Å². The summed E-state index contributed by atoms with van der Waals surface area (Å²) in [6.45, 7) is 8.53. The number of anilines is 1. The zero-order valence-electron chi connectivity index (χ0n) is 14.0. The smallest absolute Gasteiger partial charge is 0.225 e. The van der Waals surface area contributed by atoms with Crippen molar-refractivity contribution in [2.45, 2.75) is 65.5 Å². The lowest BCUT2D eigenvalue weighted by molar-refractivity contribution is 0.319. The molecule has 1 heterocycles. The van der Waals surface area contributed by atoms with Crippen LogP contribution in [0.1, 0.15) is 57.2 Å². The van der Waals surface area contributed by atoms with Crippen LogP contribution in [0.4, 0.5) is 5.95 Å². The van der Waals surface area contributed by atoms with E-state index in [9.17, 15) is 0 Å². The summed E-state index contributed by atoms with van der Waals surface area (Å²) < 4.78 is 0. The normalized spacial score (nSPS) is 22.3. The summed E-state index contributed by atoms with van der Waals surface area (Å²) in [7, 11) is 2.15. The Labute approximate surface area is 129 Å². The molecule has 118 valence electrons. The molecule has 0 aliphatic heterocycles. The molecule has 1 aromatic heterocycles. The molecule has 1 aliphatic carbocycles. The van der Waals surface area contributed by atoms with Gasteiger partial charge in [0.1, 0.15) is 0 Å². The molecule has 1 N–H and O–H groups in total. The second-order valence-electron chi connectivity index (χ2n) is 6.40. The second-order valence-corrected chi connectivity index (χ2v) is 6.40. The van der Waals surface area contributed by atoms with Crippen LogP contribution in [0.5, 0.6) is 0 Å². The van der Waals surface area contributed by atoms with Gasteiger partial charge in [0.05, 0.1) is 0 Å². The van der Waals surface area contributed by atoms with Crippen molar-refractivity contribution in [3.8, 4) is 0 Å². The lowest BCUT2D eigenvalue weighted by atomic mass is 9.85. The first-order chi connectivity index (χ1) is 10.1. The van der Waals surface area contributed by atoms with E-state index >= 15 is 0 Å². The number of aromatic nitrogens is 2. The SMILES string of the molecule is CCCNCc1cnc(N(C)C2CCCCC2C)nc1C. The standard InChI is InChI=1S/C17H30N4/c1-5-10-18-11-15-12-19-17(20-14(15)3)21(4)16-9-7-6-8-13(16)2/h12-13,16,18H,5-11H2,1-4H3. The maximum atomic E-state index is 4.74. The Morgan fingerprint density at radius 3 is 2.76 bits per heavy atom. The summed E-state index contributed by atoms with van der Waals surface area (Å²) >= 11 is 0. The van der Waals surface area contributed by atoms with Crippen molar-refractivity contribution in [2.75, 3.05) is 18.5 Å². The van der Waals surface area contributed by atoms with E-state index in [-0.39, 0.29) is 0 Å². The highest BCUT2D eigenvalue weighted by Gasteiger charge is 2.26. The Kier molecular flexibility index (Phi) is 5.97. The van der Waals surface area contributed by atoms with Crippen LogP contribution in [-0.4, -0.2) is 29.6 Å². The highest BCUT2D eigenvalue weighted by atomic mass is 15.3. The van der Waals surface area contributed by atoms with Gasteiger partial charge in [-0.25, -0.2) is 9.97 Å². The highest BCUT2D eigenvalue weighted by Crippen LogP contribution is 2.29. The summed E-state index contributed by atoms with van der Waals surface area (Å²) in [5.41, 5.74) is 2.30. The van der Waals surface area contributed by atoms with Crippen molar-refractivity contribution in [1.82, 2.24) is 15.3 Å². The summed E-state index contributed by atoms with van der Waals surface area (Å²) in [6, 6.07) is 0.585. The van der Waals surface area contributed by atoms with Gasteiger partial charge in [-0.05, 0) is 38.6 Å². The van der Waals surface area contributed by atoms with Gasteiger partial charge in [0.15, 0.2) is 0 Å². The maximum absolute atomic E-state index is 4.74. The Balaban J connectivity index is 2.04. The quantitative estimate of drug-likeness (QED) is 0.816. The molecular formula is C17H30N4. The fraction of sp³-hybridized carbons (Fsp3) is 0.765. The first kappa shape index (κ1) is 16.2. The Morgan fingerprint density at radius 1 is 1.33 bits per heavy atom. The molecule has 4 heteroatoms. The molecule has 2 atom stereocenters. The van der Waals surface area contributed by atoms with Gasteiger partial charge in [0.2, 0.25) is 5.95 Å². The van der Waals surface area contributed by atoms with Gasteiger partial charge < -0.3 is 10.2 Å². The van der Waals surface area contributed by atoms with Crippen LogP contribution >= 0.6 is 0 Å². The number of rotatable bonds is 6. The predicted molar refractivity (Wildman–Crippen MR) is 88.6 cm³/mol. The van der Waals surface area contributed by atoms with Gasteiger partial charge in [-0.1, -0.05) is 26.7 Å². The van der Waals surface area contributed by atoms with E-state index in [0.29, 0.717) is 6.04 Å². The van der Waals surface area contributed by atoms with Gasteiger partial charge in [-0.15, -0.1) is 0 Å². The minimum absolute atomic E-state index is 0.585. The number of nitrogens with one attached hydrogen (secondary N) is 1. The summed E-state index contributed by atoms with van der Waals surface area (Å²) in [5.74, 6) is 1.61. The zero-order valence-corrected chi connectivity index (χ0v) is 14.0. The maximum Gasteiger partial charge on any atom is 0.225 e. The fourth-order valence-corrected chi connectivity index (χ4v) is 3.24. The Bertz CT molecular complexity index is 446. The topological polar surface area (TPSA) is 41.1 Å². The number of hydrogen-bond acceptors (Lipinski definition) is 4. The molecule has 2 unspecified atom stereocenters. The number of hydrogen-bond donors (Lipinski definition) is 1. The van der Waals surface area contributed by atoms with Gasteiger partial charge in [0.25, 0.3) is 0 Å². The van der Waals surface area contributed by atoms with E-state index in [1.54, 1.807) is 0 Å². The Morgan fingerprint density at radius 2 is 2.10 bits per heavy atom.